The summed E-state index contributed by atoms with van der Waals surface area (Å²) in [7, 11) is 0. The first-order valence-electron chi connectivity index (χ1n) is 5.66. The predicted molar refractivity (Wildman–Crippen MR) is 68.7 cm³/mol. The molecule has 0 atom stereocenters. The summed E-state index contributed by atoms with van der Waals surface area (Å²) in [5.74, 6) is -2.51. The van der Waals surface area contributed by atoms with Gasteiger partial charge in [0.05, 0.1) is 24.5 Å². The van der Waals surface area contributed by atoms with Crippen molar-refractivity contribution in [1.29, 1.82) is 0 Å². The first-order valence-corrected chi connectivity index (χ1v) is 5.66. The van der Waals surface area contributed by atoms with Crippen LogP contribution in [0.5, 0.6) is 0 Å². The Morgan fingerprint density at radius 1 is 1.42 bits per heavy atom. The van der Waals surface area contributed by atoms with Crippen molar-refractivity contribution in [3.8, 4) is 0 Å². The summed E-state index contributed by atoms with van der Waals surface area (Å²) in [4.78, 5) is 11.6. The standard InChI is InChI=1S/C13H16F2N2O2/c1-8(2)7-19-4-3-17-13(18)9-5-12(16)11(15)6-10(9)14/h5-6H,1,3-4,7,16H2,2H3,(H,17,18). The largest absolute Gasteiger partial charge is 0.396 e. The number of hydrogen-bond donors (Lipinski definition) is 2. The molecule has 1 amide bonds. The molecule has 1 aromatic carbocycles. The van der Waals surface area contributed by atoms with Crippen molar-refractivity contribution in [2.75, 3.05) is 25.5 Å². The number of nitrogens with two attached hydrogens (primary N) is 1. The summed E-state index contributed by atoms with van der Waals surface area (Å²) in [6, 6.07) is 1.55. The smallest absolute Gasteiger partial charge is 0.254 e. The molecule has 0 fully saturated rings. The molecule has 0 aliphatic rings. The van der Waals surface area contributed by atoms with E-state index >= 15 is 0 Å². The number of carbonyl (C=O) groups excluding carboxylic acids is 1. The van der Waals surface area contributed by atoms with Gasteiger partial charge in [-0.1, -0.05) is 12.2 Å². The summed E-state index contributed by atoms with van der Waals surface area (Å²) in [5, 5.41) is 2.45. The Morgan fingerprint density at radius 3 is 2.74 bits per heavy atom. The van der Waals surface area contributed by atoms with Gasteiger partial charge < -0.3 is 15.8 Å². The van der Waals surface area contributed by atoms with Crippen LogP contribution in [0.4, 0.5) is 14.5 Å². The van der Waals surface area contributed by atoms with E-state index in [1.54, 1.807) is 0 Å². The lowest BCUT2D eigenvalue weighted by atomic mass is 10.1. The summed E-state index contributed by atoms with van der Waals surface area (Å²) in [6.45, 7) is 6.35. The van der Waals surface area contributed by atoms with Crippen LogP contribution in [0, 0.1) is 11.6 Å². The topological polar surface area (TPSA) is 64.3 Å². The Labute approximate surface area is 110 Å². The third-order valence-electron chi connectivity index (χ3n) is 2.21. The van der Waals surface area contributed by atoms with Crippen LogP contribution in [0.25, 0.3) is 0 Å². The zero-order valence-electron chi connectivity index (χ0n) is 10.6. The molecular formula is C13H16F2N2O2. The predicted octanol–water partition coefficient (Wildman–Crippen LogP) is 1.87. The van der Waals surface area contributed by atoms with E-state index in [-0.39, 0.29) is 24.4 Å². The number of amides is 1. The van der Waals surface area contributed by atoms with Gasteiger partial charge in [-0.15, -0.1) is 0 Å². The molecule has 3 N–H and O–H groups in total. The van der Waals surface area contributed by atoms with Crippen LogP contribution in [0.1, 0.15) is 17.3 Å². The lowest BCUT2D eigenvalue weighted by molar-refractivity contribution is 0.0923. The maximum atomic E-state index is 13.4. The number of benzene rings is 1. The van der Waals surface area contributed by atoms with Crippen molar-refractivity contribution in [2.45, 2.75) is 6.92 Å². The molecule has 0 aromatic heterocycles. The molecule has 0 aliphatic heterocycles. The van der Waals surface area contributed by atoms with E-state index in [4.69, 9.17) is 10.5 Å². The van der Waals surface area contributed by atoms with E-state index in [9.17, 15) is 13.6 Å². The van der Waals surface area contributed by atoms with Gasteiger partial charge in [0, 0.05) is 12.6 Å². The SMILES string of the molecule is C=C(C)COCCNC(=O)c1cc(N)c(F)cc1F. The second-order valence-corrected chi connectivity index (χ2v) is 4.12. The van der Waals surface area contributed by atoms with Crippen molar-refractivity contribution in [3.63, 3.8) is 0 Å². The Kier molecular flexibility index (Phi) is 5.44. The molecule has 0 saturated heterocycles. The van der Waals surface area contributed by atoms with Crippen LogP contribution in [0.2, 0.25) is 0 Å². The fourth-order valence-electron chi connectivity index (χ4n) is 1.32. The fraction of sp³-hybridized carbons (Fsp3) is 0.308. The lowest BCUT2D eigenvalue weighted by Gasteiger charge is -2.08. The van der Waals surface area contributed by atoms with E-state index in [0.717, 1.165) is 11.6 Å². The van der Waals surface area contributed by atoms with Crippen LogP contribution >= 0.6 is 0 Å². The van der Waals surface area contributed by atoms with Crippen molar-refractivity contribution in [2.24, 2.45) is 0 Å². The highest BCUT2D eigenvalue weighted by atomic mass is 19.1. The average Bonchev–Trinajstić information content (AvgIpc) is 2.32. The second-order valence-electron chi connectivity index (χ2n) is 4.12. The van der Waals surface area contributed by atoms with Gasteiger partial charge in [0.2, 0.25) is 0 Å². The summed E-state index contributed by atoms with van der Waals surface area (Å²) in [6.07, 6.45) is 0. The van der Waals surface area contributed by atoms with E-state index < -0.39 is 17.5 Å². The highest BCUT2D eigenvalue weighted by Crippen LogP contribution is 2.16. The molecule has 0 aliphatic carbocycles. The minimum atomic E-state index is -0.952. The van der Waals surface area contributed by atoms with E-state index in [1.807, 2.05) is 6.92 Å². The normalized spacial score (nSPS) is 10.3. The summed E-state index contributed by atoms with van der Waals surface area (Å²) in [5.41, 5.74) is 5.58. The quantitative estimate of drug-likeness (QED) is 0.471. The lowest BCUT2D eigenvalue weighted by Crippen LogP contribution is -2.28. The molecule has 0 saturated carbocycles. The molecular weight excluding hydrogens is 254 g/mol. The molecule has 1 rings (SSSR count). The zero-order valence-corrected chi connectivity index (χ0v) is 10.6. The third kappa shape index (κ3) is 4.67. The Bertz CT molecular complexity index is 490. The van der Waals surface area contributed by atoms with Gasteiger partial charge in [0.15, 0.2) is 0 Å². The molecule has 19 heavy (non-hydrogen) atoms. The Morgan fingerprint density at radius 2 is 2.11 bits per heavy atom. The summed E-state index contributed by atoms with van der Waals surface area (Å²) < 4.78 is 31.5. The molecule has 0 heterocycles. The monoisotopic (exact) mass is 270 g/mol. The molecule has 1 aromatic rings. The number of ether oxygens (including phenoxy) is 1. The van der Waals surface area contributed by atoms with Crippen molar-refractivity contribution >= 4 is 11.6 Å². The van der Waals surface area contributed by atoms with Crippen molar-refractivity contribution in [1.82, 2.24) is 5.32 Å². The van der Waals surface area contributed by atoms with Gasteiger partial charge in [-0.3, -0.25) is 4.79 Å². The van der Waals surface area contributed by atoms with Crippen molar-refractivity contribution < 1.29 is 18.3 Å². The van der Waals surface area contributed by atoms with Crippen LogP contribution < -0.4 is 11.1 Å². The maximum absolute atomic E-state index is 13.4. The number of anilines is 1. The van der Waals surface area contributed by atoms with Crippen LogP contribution in [-0.2, 0) is 4.74 Å². The minimum absolute atomic E-state index is 0.211. The van der Waals surface area contributed by atoms with Crippen LogP contribution in [-0.4, -0.2) is 25.7 Å². The Hall–Kier alpha value is -1.95. The maximum Gasteiger partial charge on any atom is 0.254 e. The van der Waals surface area contributed by atoms with E-state index in [1.165, 1.54) is 0 Å². The van der Waals surface area contributed by atoms with E-state index in [0.29, 0.717) is 12.7 Å². The first-order chi connectivity index (χ1) is 8.91. The van der Waals surface area contributed by atoms with Gasteiger partial charge in [-0.25, -0.2) is 8.78 Å². The molecule has 0 spiro atoms. The highest BCUT2D eigenvalue weighted by Gasteiger charge is 2.14. The first kappa shape index (κ1) is 15.1. The second kappa shape index (κ2) is 6.84. The molecule has 104 valence electrons. The van der Waals surface area contributed by atoms with Crippen molar-refractivity contribution in [3.05, 3.63) is 41.5 Å². The number of hydrogen-bond acceptors (Lipinski definition) is 3. The average molecular weight is 270 g/mol. The fourth-order valence-corrected chi connectivity index (χ4v) is 1.32. The number of halogens is 2. The van der Waals surface area contributed by atoms with Gasteiger partial charge in [-0.2, -0.15) is 0 Å². The molecule has 0 bridgehead atoms. The molecule has 0 unspecified atom stereocenters. The van der Waals surface area contributed by atoms with Gasteiger partial charge >= 0.3 is 0 Å². The number of nitrogens with one attached hydrogen (secondary N) is 1. The number of nitrogen functional groups attached to an aromatic ring is 1. The molecule has 4 nitrogen and oxygen atoms in total. The van der Waals surface area contributed by atoms with Gasteiger partial charge in [0.1, 0.15) is 11.6 Å². The van der Waals surface area contributed by atoms with Gasteiger partial charge in [-0.05, 0) is 13.0 Å². The Balaban J connectivity index is 2.50. The minimum Gasteiger partial charge on any atom is -0.396 e. The highest BCUT2D eigenvalue weighted by molar-refractivity contribution is 5.95. The van der Waals surface area contributed by atoms with Gasteiger partial charge in [0.25, 0.3) is 5.91 Å². The molecule has 0 radical (unpaired) electrons. The van der Waals surface area contributed by atoms with Crippen LogP contribution in [0.3, 0.4) is 0 Å². The van der Waals surface area contributed by atoms with E-state index in [2.05, 4.69) is 11.9 Å². The van der Waals surface area contributed by atoms with Crippen LogP contribution in [0.15, 0.2) is 24.3 Å². The third-order valence-corrected chi connectivity index (χ3v) is 2.21. The molecule has 6 heteroatoms. The summed E-state index contributed by atoms with van der Waals surface area (Å²) >= 11 is 0. The zero-order chi connectivity index (χ0) is 14.4. The number of carbonyl (C=O) groups is 1. The number of rotatable bonds is 6.